The Balaban J connectivity index is 1.94. The minimum absolute atomic E-state index is 0.157. The predicted octanol–water partition coefficient (Wildman–Crippen LogP) is 5.45. The number of thiophene rings is 1. The van der Waals surface area contributed by atoms with Crippen molar-refractivity contribution in [3.8, 4) is 0 Å². The molecule has 0 aliphatic heterocycles. The number of carbonyl (C=O) groups excluding carboxylic acids is 1. The molecule has 1 amide bonds. The Kier molecular flexibility index (Phi) is 5.05. The molecule has 0 aliphatic rings. The summed E-state index contributed by atoms with van der Waals surface area (Å²) in [5, 5.41) is 5.49. The Bertz CT molecular complexity index is 836. The van der Waals surface area contributed by atoms with E-state index in [-0.39, 0.29) is 5.91 Å². The molecule has 2 aromatic heterocycles. The van der Waals surface area contributed by atoms with Gasteiger partial charge in [0, 0.05) is 26.0 Å². The topological polar surface area (TPSA) is 42.0 Å². The van der Waals surface area contributed by atoms with E-state index in [2.05, 4.69) is 26.2 Å². The highest BCUT2D eigenvalue weighted by molar-refractivity contribution is 9.10. The van der Waals surface area contributed by atoms with Gasteiger partial charge in [0.1, 0.15) is 0 Å². The molecule has 0 bridgehead atoms. The van der Waals surface area contributed by atoms with Crippen LogP contribution in [0.5, 0.6) is 0 Å². The van der Waals surface area contributed by atoms with E-state index in [0.29, 0.717) is 10.7 Å². The van der Waals surface area contributed by atoms with Crippen molar-refractivity contribution in [1.29, 1.82) is 0 Å². The van der Waals surface area contributed by atoms with E-state index < -0.39 is 0 Å². The van der Waals surface area contributed by atoms with Gasteiger partial charge in [-0.15, -0.1) is 22.7 Å². The molecule has 23 heavy (non-hydrogen) atoms. The maximum atomic E-state index is 12.7. The standard InChI is InChI=1S/C17H13BrN2OS2/c1-11-10-19-17(23-11)20-16(21)15(9-14-3-2-8-22-14)12-4-6-13(18)7-5-12/h2-10H,1H3,(H,19,20,21)/b15-9+. The van der Waals surface area contributed by atoms with Gasteiger partial charge in [-0.25, -0.2) is 4.98 Å². The van der Waals surface area contributed by atoms with E-state index in [4.69, 9.17) is 0 Å². The molecule has 0 aliphatic carbocycles. The fourth-order valence-corrected chi connectivity index (χ4v) is 3.58. The SMILES string of the molecule is Cc1cnc(NC(=O)/C(=C/c2cccs2)c2ccc(Br)cc2)s1. The third-order valence-electron chi connectivity index (χ3n) is 3.07. The number of benzene rings is 1. The highest BCUT2D eigenvalue weighted by Gasteiger charge is 2.14. The maximum Gasteiger partial charge on any atom is 0.258 e. The van der Waals surface area contributed by atoms with Gasteiger partial charge in [-0.2, -0.15) is 0 Å². The van der Waals surface area contributed by atoms with Crippen molar-refractivity contribution in [3.63, 3.8) is 0 Å². The van der Waals surface area contributed by atoms with Gasteiger partial charge in [0.2, 0.25) is 0 Å². The van der Waals surface area contributed by atoms with E-state index >= 15 is 0 Å². The van der Waals surface area contributed by atoms with Crippen molar-refractivity contribution in [2.24, 2.45) is 0 Å². The molecule has 116 valence electrons. The van der Waals surface area contributed by atoms with Crippen molar-refractivity contribution >= 4 is 61.3 Å². The average molecular weight is 405 g/mol. The Morgan fingerprint density at radius 1 is 1.26 bits per heavy atom. The van der Waals surface area contributed by atoms with Gasteiger partial charge in [0.25, 0.3) is 5.91 Å². The minimum Gasteiger partial charge on any atom is -0.298 e. The molecule has 0 fully saturated rings. The maximum absolute atomic E-state index is 12.7. The summed E-state index contributed by atoms with van der Waals surface area (Å²) >= 11 is 6.48. The van der Waals surface area contributed by atoms with Gasteiger partial charge in [-0.1, -0.05) is 34.1 Å². The van der Waals surface area contributed by atoms with Crippen LogP contribution in [-0.2, 0) is 4.79 Å². The smallest absolute Gasteiger partial charge is 0.258 e. The first-order valence-electron chi connectivity index (χ1n) is 6.87. The summed E-state index contributed by atoms with van der Waals surface area (Å²) in [4.78, 5) is 19.0. The quantitative estimate of drug-likeness (QED) is 0.586. The molecular weight excluding hydrogens is 392 g/mol. The number of hydrogen-bond acceptors (Lipinski definition) is 4. The van der Waals surface area contributed by atoms with Gasteiger partial charge >= 0.3 is 0 Å². The van der Waals surface area contributed by atoms with Crippen LogP contribution in [0.3, 0.4) is 0 Å². The third-order valence-corrected chi connectivity index (χ3v) is 5.25. The zero-order valence-corrected chi connectivity index (χ0v) is 15.5. The zero-order chi connectivity index (χ0) is 16.2. The number of thiazole rings is 1. The molecule has 6 heteroatoms. The molecule has 0 saturated carbocycles. The van der Waals surface area contributed by atoms with Crippen LogP contribution in [0.2, 0.25) is 0 Å². The van der Waals surface area contributed by atoms with Gasteiger partial charge in [0.15, 0.2) is 5.13 Å². The molecule has 0 unspecified atom stereocenters. The molecule has 3 aromatic rings. The van der Waals surface area contributed by atoms with E-state index in [9.17, 15) is 4.79 Å². The molecule has 2 heterocycles. The van der Waals surface area contributed by atoms with Crippen LogP contribution in [-0.4, -0.2) is 10.9 Å². The van der Waals surface area contributed by atoms with Crippen molar-refractivity contribution in [2.45, 2.75) is 6.92 Å². The molecular formula is C17H13BrN2OS2. The fraction of sp³-hybridized carbons (Fsp3) is 0.0588. The summed E-state index contributed by atoms with van der Waals surface area (Å²) in [5.74, 6) is -0.157. The van der Waals surface area contributed by atoms with Crippen LogP contribution in [0.15, 0.2) is 52.4 Å². The minimum atomic E-state index is -0.157. The van der Waals surface area contributed by atoms with E-state index in [1.807, 2.05) is 54.8 Å². The lowest BCUT2D eigenvalue weighted by molar-refractivity contribution is -0.111. The molecule has 0 spiro atoms. The number of halogens is 1. The first-order chi connectivity index (χ1) is 11.1. The average Bonchev–Trinajstić information content (AvgIpc) is 3.17. The normalized spacial score (nSPS) is 11.5. The molecule has 1 aromatic carbocycles. The van der Waals surface area contributed by atoms with Crippen LogP contribution < -0.4 is 5.32 Å². The largest absolute Gasteiger partial charge is 0.298 e. The van der Waals surface area contributed by atoms with E-state index in [0.717, 1.165) is 19.8 Å². The summed E-state index contributed by atoms with van der Waals surface area (Å²) in [5.41, 5.74) is 1.49. The number of nitrogens with one attached hydrogen (secondary N) is 1. The Morgan fingerprint density at radius 3 is 2.65 bits per heavy atom. The van der Waals surface area contributed by atoms with Gasteiger partial charge < -0.3 is 0 Å². The summed E-state index contributed by atoms with van der Waals surface area (Å²) < 4.78 is 0.979. The first kappa shape index (κ1) is 16.1. The number of nitrogens with zero attached hydrogens (tertiary/aromatic N) is 1. The fourth-order valence-electron chi connectivity index (χ4n) is 2.00. The molecule has 3 nitrogen and oxygen atoms in total. The summed E-state index contributed by atoms with van der Waals surface area (Å²) in [6, 6.07) is 11.7. The van der Waals surface area contributed by atoms with Crippen LogP contribution in [0.1, 0.15) is 15.3 Å². The lowest BCUT2D eigenvalue weighted by Gasteiger charge is -2.08. The van der Waals surface area contributed by atoms with Gasteiger partial charge in [-0.05, 0) is 42.1 Å². The second kappa shape index (κ2) is 7.21. The number of carbonyl (C=O) groups is 1. The number of anilines is 1. The molecule has 0 radical (unpaired) electrons. The van der Waals surface area contributed by atoms with Crippen molar-refractivity contribution in [1.82, 2.24) is 4.98 Å². The molecule has 3 rings (SSSR count). The van der Waals surface area contributed by atoms with Crippen molar-refractivity contribution in [3.05, 3.63) is 67.8 Å². The van der Waals surface area contributed by atoms with Gasteiger partial charge in [-0.3, -0.25) is 10.1 Å². The predicted molar refractivity (Wildman–Crippen MR) is 102 cm³/mol. The van der Waals surface area contributed by atoms with Crippen LogP contribution in [0, 0.1) is 6.92 Å². The van der Waals surface area contributed by atoms with Crippen molar-refractivity contribution in [2.75, 3.05) is 5.32 Å². The highest BCUT2D eigenvalue weighted by atomic mass is 79.9. The summed E-state index contributed by atoms with van der Waals surface area (Å²) in [6.45, 7) is 1.96. The highest BCUT2D eigenvalue weighted by Crippen LogP contribution is 2.25. The summed E-state index contributed by atoms with van der Waals surface area (Å²) in [6.07, 6.45) is 3.66. The summed E-state index contributed by atoms with van der Waals surface area (Å²) in [7, 11) is 0. The number of aryl methyl sites for hydroxylation is 1. The Morgan fingerprint density at radius 2 is 2.04 bits per heavy atom. The monoisotopic (exact) mass is 404 g/mol. The van der Waals surface area contributed by atoms with Gasteiger partial charge in [0.05, 0.1) is 0 Å². The van der Waals surface area contributed by atoms with Crippen LogP contribution in [0.25, 0.3) is 11.6 Å². The van der Waals surface area contributed by atoms with Crippen LogP contribution >= 0.6 is 38.6 Å². The lowest BCUT2D eigenvalue weighted by Crippen LogP contribution is -2.13. The second-order valence-electron chi connectivity index (χ2n) is 4.81. The Labute approximate surface area is 150 Å². The molecule has 1 N–H and O–H groups in total. The number of amides is 1. The van der Waals surface area contributed by atoms with E-state index in [1.165, 1.54) is 11.3 Å². The van der Waals surface area contributed by atoms with Crippen molar-refractivity contribution < 1.29 is 4.79 Å². The lowest BCUT2D eigenvalue weighted by atomic mass is 10.0. The number of aromatic nitrogens is 1. The number of hydrogen-bond donors (Lipinski definition) is 1. The zero-order valence-electron chi connectivity index (χ0n) is 12.2. The molecule has 0 saturated heterocycles. The van der Waals surface area contributed by atoms with Crippen LogP contribution in [0.4, 0.5) is 5.13 Å². The van der Waals surface area contributed by atoms with E-state index in [1.54, 1.807) is 17.5 Å². The number of rotatable bonds is 4. The second-order valence-corrected chi connectivity index (χ2v) is 7.94. The first-order valence-corrected chi connectivity index (χ1v) is 9.35. The molecule has 0 atom stereocenters. The Hall–Kier alpha value is -1.76. The third kappa shape index (κ3) is 4.16.